The maximum absolute atomic E-state index is 13.6. The number of nitrogens with zero attached hydrogens (tertiary/aromatic N) is 2. The zero-order valence-electron chi connectivity index (χ0n) is 15.8. The summed E-state index contributed by atoms with van der Waals surface area (Å²) in [6.07, 6.45) is 0. The monoisotopic (exact) mass is 388 g/mol. The maximum atomic E-state index is 13.6. The topological polar surface area (TPSA) is 59.9 Å². The van der Waals surface area contributed by atoms with Crippen molar-refractivity contribution in [3.8, 4) is 5.75 Å². The summed E-state index contributed by atoms with van der Waals surface area (Å²) in [5, 5.41) is 17.3. The highest BCUT2D eigenvalue weighted by atomic mass is 32.1. The number of hydrazone groups is 1. The van der Waals surface area contributed by atoms with Gasteiger partial charge < -0.3 is 10.4 Å². The van der Waals surface area contributed by atoms with E-state index < -0.39 is 0 Å². The van der Waals surface area contributed by atoms with Crippen molar-refractivity contribution in [1.82, 2.24) is 10.3 Å². The molecule has 0 heterocycles. The average molecular weight is 389 g/mol. The molecule has 3 N–H and O–H groups in total. The number of phenolic OH excluding ortho intramolecular Hbond substituents is 1. The Balaban J connectivity index is 2.06. The number of thiocarbonyl (C=S) groups is 1. The Morgan fingerprint density at radius 3 is 2.56 bits per heavy atom. The molecule has 2 aromatic carbocycles. The molecule has 0 aliphatic carbocycles. The summed E-state index contributed by atoms with van der Waals surface area (Å²) < 4.78 is 13.6. The van der Waals surface area contributed by atoms with Crippen LogP contribution >= 0.6 is 12.2 Å². The summed E-state index contributed by atoms with van der Waals surface area (Å²) in [7, 11) is 0. The summed E-state index contributed by atoms with van der Waals surface area (Å²) in [4.78, 5) is 2.22. The maximum Gasteiger partial charge on any atom is 0.191 e. The van der Waals surface area contributed by atoms with Gasteiger partial charge in [-0.2, -0.15) is 5.10 Å². The molecule has 0 amide bonds. The van der Waals surface area contributed by atoms with E-state index in [9.17, 15) is 9.50 Å². The Labute approximate surface area is 164 Å². The quantitative estimate of drug-likeness (QED) is 0.379. The minimum absolute atomic E-state index is 0.196. The fraction of sp³-hybridized carbons (Fsp3) is 0.300. The number of rotatable bonds is 7. The number of hydrogen-bond acceptors (Lipinski definition) is 4. The molecule has 27 heavy (non-hydrogen) atoms. The van der Waals surface area contributed by atoms with Crippen LogP contribution in [0, 0.1) is 5.82 Å². The molecule has 2 aromatic rings. The van der Waals surface area contributed by atoms with Crippen molar-refractivity contribution < 1.29 is 9.50 Å². The van der Waals surface area contributed by atoms with E-state index in [4.69, 9.17) is 12.2 Å². The van der Waals surface area contributed by atoms with Crippen LogP contribution in [0.1, 0.15) is 31.9 Å². The van der Waals surface area contributed by atoms with Gasteiger partial charge in [0.25, 0.3) is 0 Å². The first-order valence-corrected chi connectivity index (χ1v) is 9.25. The molecule has 7 heteroatoms. The zero-order valence-corrected chi connectivity index (χ0v) is 16.6. The number of phenols is 1. The highest BCUT2D eigenvalue weighted by Crippen LogP contribution is 2.21. The molecular formula is C20H25FN4OS. The van der Waals surface area contributed by atoms with Gasteiger partial charge in [-0.05, 0) is 68.1 Å². The number of benzene rings is 2. The Morgan fingerprint density at radius 2 is 1.89 bits per heavy atom. The van der Waals surface area contributed by atoms with E-state index in [1.807, 2.05) is 13.0 Å². The van der Waals surface area contributed by atoms with Crippen molar-refractivity contribution in [2.24, 2.45) is 5.10 Å². The molecule has 0 aromatic heterocycles. The molecule has 5 nitrogen and oxygen atoms in total. The number of para-hydroxylation sites is 1. The first-order chi connectivity index (χ1) is 12.9. The fourth-order valence-corrected chi connectivity index (χ4v) is 2.69. The zero-order chi connectivity index (χ0) is 19.8. The van der Waals surface area contributed by atoms with Crippen LogP contribution in [0.3, 0.4) is 0 Å². The molecule has 0 unspecified atom stereocenters. The minimum Gasteiger partial charge on any atom is -0.508 e. The highest BCUT2D eigenvalue weighted by Gasteiger charge is 2.09. The number of anilines is 1. The lowest BCUT2D eigenvalue weighted by atomic mass is 10.1. The molecule has 0 bridgehead atoms. The molecule has 0 atom stereocenters. The summed E-state index contributed by atoms with van der Waals surface area (Å²) in [6, 6.07) is 11.7. The third-order valence-electron chi connectivity index (χ3n) is 4.23. The average Bonchev–Trinajstić information content (AvgIpc) is 2.67. The van der Waals surface area contributed by atoms with Gasteiger partial charge in [0.1, 0.15) is 11.6 Å². The molecule has 0 saturated carbocycles. The molecule has 0 saturated heterocycles. The lowest BCUT2D eigenvalue weighted by molar-refractivity contribution is 0.291. The molecule has 0 aliphatic rings. The number of aromatic hydroxyl groups is 1. The van der Waals surface area contributed by atoms with Crippen molar-refractivity contribution in [2.45, 2.75) is 27.3 Å². The van der Waals surface area contributed by atoms with Crippen molar-refractivity contribution in [3.05, 3.63) is 59.4 Å². The van der Waals surface area contributed by atoms with Gasteiger partial charge in [-0.1, -0.05) is 26.0 Å². The molecule has 0 fully saturated rings. The largest absolute Gasteiger partial charge is 0.508 e. The van der Waals surface area contributed by atoms with E-state index in [0.29, 0.717) is 12.3 Å². The second-order valence-corrected chi connectivity index (χ2v) is 6.46. The predicted molar refractivity (Wildman–Crippen MR) is 113 cm³/mol. The standard InChI is InChI=1S/C20H25FN4OS/c1-4-25(5-2)13-16-12-15(10-11-19(16)26)14(3)23-24-20(27)22-18-9-7-6-8-17(18)21/h6-12,26H,4-5,13H2,1-3H3,(H2,22,24,27)/b23-14+. The van der Waals surface area contributed by atoms with Gasteiger partial charge in [-0.15, -0.1) is 0 Å². The van der Waals surface area contributed by atoms with Gasteiger partial charge >= 0.3 is 0 Å². The molecule has 0 radical (unpaired) electrons. The lowest BCUT2D eigenvalue weighted by Gasteiger charge is -2.19. The van der Waals surface area contributed by atoms with Crippen LogP contribution in [0.2, 0.25) is 0 Å². The number of halogens is 1. The van der Waals surface area contributed by atoms with Gasteiger partial charge in [-0.3, -0.25) is 10.3 Å². The second-order valence-electron chi connectivity index (χ2n) is 6.05. The third kappa shape index (κ3) is 6.01. The molecule has 0 aliphatic heterocycles. The summed E-state index contributed by atoms with van der Waals surface area (Å²) >= 11 is 5.16. The van der Waals surface area contributed by atoms with Crippen LogP contribution in [0.25, 0.3) is 0 Å². The van der Waals surface area contributed by atoms with Gasteiger partial charge in [-0.25, -0.2) is 4.39 Å². The van der Waals surface area contributed by atoms with Crippen LogP contribution in [-0.2, 0) is 6.54 Å². The third-order valence-corrected chi connectivity index (χ3v) is 4.43. The van der Waals surface area contributed by atoms with Crippen molar-refractivity contribution >= 4 is 28.7 Å². The van der Waals surface area contributed by atoms with Crippen molar-refractivity contribution in [3.63, 3.8) is 0 Å². The fourth-order valence-electron chi connectivity index (χ4n) is 2.54. The molecular weight excluding hydrogens is 363 g/mol. The summed E-state index contributed by atoms with van der Waals surface area (Å²) in [5.41, 5.74) is 5.43. The van der Waals surface area contributed by atoms with E-state index in [0.717, 1.165) is 24.2 Å². The van der Waals surface area contributed by atoms with E-state index in [1.165, 1.54) is 6.07 Å². The molecule has 0 spiro atoms. The van der Waals surface area contributed by atoms with Gasteiger partial charge in [0.05, 0.1) is 11.4 Å². The van der Waals surface area contributed by atoms with Crippen molar-refractivity contribution in [2.75, 3.05) is 18.4 Å². The lowest BCUT2D eigenvalue weighted by Crippen LogP contribution is -2.25. The van der Waals surface area contributed by atoms with E-state index in [-0.39, 0.29) is 22.4 Å². The first-order valence-electron chi connectivity index (χ1n) is 8.85. The Bertz CT molecular complexity index is 821. The first kappa shape index (κ1) is 20.8. The second kappa shape index (κ2) is 9.99. The van der Waals surface area contributed by atoms with Crippen LogP contribution in [-0.4, -0.2) is 33.9 Å². The van der Waals surface area contributed by atoms with Crippen LogP contribution in [0.4, 0.5) is 10.1 Å². The van der Waals surface area contributed by atoms with Crippen LogP contribution in [0.5, 0.6) is 5.75 Å². The van der Waals surface area contributed by atoms with Gasteiger partial charge in [0, 0.05) is 12.1 Å². The van der Waals surface area contributed by atoms with E-state index in [2.05, 4.69) is 34.6 Å². The molecule has 144 valence electrons. The van der Waals surface area contributed by atoms with E-state index in [1.54, 1.807) is 30.3 Å². The molecule has 2 rings (SSSR count). The Hall–Kier alpha value is -2.51. The van der Waals surface area contributed by atoms with Crippen LogP contribution < -0.4 is 10.7 Å². The smallest absolute Gasteiger partial charge is 0.191 e. The Kier molecular flexibility index (Phi) is 7.69. The van der Waals surface area contributed by atoms with Gasteiger partial charge in [0.15, 0.2) is 5.11 Å². The van der Waals surface area contributed by atoms with E-state index >= 15 is 0 Å². The Morgan fingerprint density at radius 1 is 1.19 bits per heavy atom. The van der Waals surface area contributed by atoms with Crippen LogP contribution in [0.15, 0.2) is 47.6 Å². The summed E-state index contributed by atoms with van der Waals surface area (Å²) in [6.45, 7) is 8.50. The normalized spacial score (nSPS) is 11.5. The highest BCUT2D eigenvalue weighted by molar-refractivity contribution is 7.80. The number of nitrogens with one attached hydrogen (secondary N) is 2. The number of hydrogen-bond donors (Lipinski definition) is 3. The predicted octanol–water partition coefficient (Wildman–Crippen LogP) is 4.08. The summed E-state index contributed by atoms with van der Waals surface area (Å²) in [5.74, 6) is -0.120. The minimum atomic E-state index is -0.387. The SMILES string of the molecule is CCN(CC)Cc1cc(/C(C)=N/NC(=S)Nc2ccccc2F)ccc1O. The van der Waals surface area contributed by atoms with Crippen molar-refractivity contribution in [1.29, 1.82) is 0 Å². The van der Waals surface area contributed by atoms with Gasteiger partial charge in [0.2, 0.25) is 0 Å².